The Kier molecular flexibility index (Phi) is 7.42. The number of hydrogen-bond acceptors (Lipinski definition) is 5. The molecule has 5 nitrogen and oxygen atoms in total. The highest BCUT2D eigenvalue weighted by Gasteiger charge is 2.71. The number of methoxy groups -OCH3 is 1. The Labute approximate surface area is 237 Å². The molecule has 0 aromatic heterocycles. The predicted molar refractivity (Wildman–Crippen MR) is 158 cm³/mol. The van der Waals surface area contributed by atoms with E-state index in [1.54, 1.807) is 7.11 Å². The van der Waals surface area contributed by atoms with Crippen LogP contribution in [0, 0.1) is 45.3 Å². The first-order valence-corrected chi connectivity index (χ1v) is 15.7. The number of benzene rings is 1. The maximum absolute atomic E-state index is 11.9. The second kappa shape index (κ2) is 9.91. The molecule has 10 atom stereocenters. The standard InChI is InChI=1S/C34H55NO4/c1-30(2)26-14-19-32(4)27(31(26,3)17-15-28(30)37)21-25(36)29-24(13-18-33(29,32)5)34(6,38)16-8-20-35-22-9-11-23(39-7)12-10-22/h9-12,24-29,35-38H,8,13-21H2,1-7H3/t24-,25+,26?,27?,28-,29?,31-,32+,33+,34-/m0/s1. The SMILES string of the molecule is COc1ccc(NCCC[C@](C)(O)[C@H]2CC[C@]3(C)C2[C@H](O)CC2[C@@]4(C)CC[C@H](O)C(C)(C)C4CC[C@]23C)cc1. The molecule has 4 N–H and O–H groups in total. The van der Waals surface area contributed by atoms with Crippen LogP contribution in [0.15, 0.2) is 24.3 Å². The molecule has 0 amide bonds. The summed E-state index contributed by atoms with van der Waals surface area (Å²) in [6.07, 6.45) is 8.14. The summed E-state index contributed by atoms with van der Waals surface area (Å²) in [7, 11) is 1.68. The summed E-state index contributed by atoms with van der Waals surface area (Å²) in [6.45, 7) is 14.9. The minimum atomic E-state index is -0.799. The van der Waals surface area contributed by atoms with E-state index in [0.717, 1.165) is 75.8 Å². The molecule has 39 heavy (non-hydrogen) atoms. The summed E-state index contributed by atoms with van der Waals surface area (Å²) < 4.78 is 5.25. The van der Waals surface area contributed by atoms with Crippen LogP contribution >= 0.6 is 0 Å². The highest BCUT2D eigenvalue weighted by molar-refractivity contribution is 5.46. The quantitative estimate of drug-likeness (QED) is 0.290. The number of nitrogens with one attached hydrogen (secondary N) is 1. The Bertz CT molecular complexity index is 1020. The molecule has 0 saturated heterocycles. The van der Waals surface area contributed by atoms with Crippen molar-refractivity contribution in [3.05, 3.63) is 24.3 Å². The first kappa shape index (κ1) is 29.2. The summed E-state index contributed by atoms with van der Waals surface area (Å²) in [4.78, 5) is 0. The second-order valence-electron chi connectivity index (χ2n) is 15.5. The van der Waals surface area contributed by atoms with Gasteiger partial charge < -0.3 is 25.4 Å². The van der Waals surface area contributed by atoms with Crippen LogP contribution in [0.3, 0.4) is 0 Å². The van der Waals surface area contributed by atoms with Crippen LogP contribution in [0.1, 0.15) is 99.3 Å². The van der Waals surface area contributed by atoms with Crippen molar-refractivity contribution in [1.29, 1.82) is 0 Å². The van der Waals surface area contributed by atoms with Gasteiger partial charge >= 0.3 is 0 Å². The van der Waals surface area contributed by atoms with E-state index in [0.29, 0.717) is 11.8 Å². The maximum Gasteiger partial charge on any atom is 0.119 e. The molecule has 1 aromatic carbocycles. The molecule has 0 radical (unpaired) electrons. The van der Waals surface area contributed by atoms with Crippen molar-refractivity contribution in [2.24, 2.45) is 45.3 Å². The van der Waals surface area contributed by atoms with E-state index in [2.05, 4.69) is 39.9 Å². The fraction of sp³-hybridized carbons (Fsp3) is 0.824. The number of hydrogen-bond donors (Lipinski definition) is 4. The Balaban J connectivity index is 1.30. The number of anilines is 1. The number of ether oxygens (including phenoxy) is 1. The number of aliphatic hydroxyl groups excluding tert-OH is 2. The van der Waals surface area contributed by atoms with E-state index in [9.17, 15) is 15.3 Å². The third-order valence-electron chi connectivity index (χ3n) is 13.4. The van der Waals surface area contributed by atoms with Crippen LogP contribution < -0.4 is 10.1 Å². The monoisotopic (exact) mass is 541 g/mol. The molecule has 1 aromatic rings. The van der Waals surface area contributed by atoms with E-state index in [-0.39, 0.29) is 45.7 Å². The molecule has 0 heterocycles. The molecule has 3 unspecified atom stereocenters. The van der Waals surface area contributed by atoms with Crippen molar-refractivity contribution in [2.45, 2.75) is 117 Å². The number of rotatable bonds is 7. The molecule has 4 aliphatic carbocycles. The summed E-state index contributed by atoms with van der Waals surface area (Å²) in [5, 5.41) is 38.2. The molecular formula is C34H55NO4. The van der Waals surface area contributed by atoms with Crippen LogP contribution in [0.2, 0.25) is 0 Å². The van der Waals surface area contributed by atoms with Gasteiger partial charge in [0, 0.05) is 12.2 Å². The minimum Gasteiger partial charge on any atom is -0.497 e. The molecule has 5 rings (SSSR count). The van der Waals surface area contributed by atoms with Gasteiger partial charge in [0.25, 0.3) is 0 Å². The Morgan fingerprint density at radius 2 is 1.59 bits per heavy atom. The van der Waals surface area contributed by atoms with Crippen molar-refractivity contribution < 1.29 is 20.1 Å². The van der Waals surface area contributed by atoms with Gasteiger partial charge in [-0.25, -0.2) is 0 Å². The van der Waals surface area contributed by atoms with Crippen LogP contribution in [0.5, 0.6) is 5.75 Å². The van der Waals surface area contributed by atoms with E-state index in [1.165, 1.54) is 0 Å². The molecular weight excluding hydrogens is 486 g/mol. The minimum absolute atomic E-state index is 0.0134. The third-order valence-corrected chi connectivity index (χ3v) is 13.4. The molecule has 0 spiro atoms. The molecule has 4 aliphatic rings. The van der Waals surface area contributed by atoms with Crippen molar-refractivity contribution in [3.8, 4) is 5.75 Å². The van der Waals surface area contributed by atoms with Gasteiger partial charge in [0.2, 0.25) is 0 Å². The lowest BCUT2D eigenvalue weighted by Gasteiger charge is -2.70. The second-order valence-corrected chi connectivity index (χ2v) is 15.5. The predicted octanol–water partition coefficient (Wildman–Crippen LogP) is 6.66. The summed E-state index contributed by atoms with van der Waals surface area (Å²) in [5.41, 5.74) is 0.470. The van der Waals surface area contributed by atoms with Gasteiger partial charge in [-0.15, -0.1) is 0 Å². The lowest BCUT2D eigenvalue weighted by atomic mass is 9.35. The lowest BCUT2D eigenvalue weighted by molar-refractivity contribution is -0.246. The first-order valence-electron chi connectivity index (χ1n) is 15.7. The highest BCUT2D eigenvalue weighted by Crippen LogP contribution is 2.75. The highest BCUT2D eigenvalue weighted by atomic mass is 16.5. The van der Waals surface area contributed by atoms with Gasteiger partial charge in [-0.1, -0.05) is 34.6 Å². The average Bonchev–Trinajstić information content (AvgIpc) is 3.27. The Morgan fingerprint density at radius 3 is 2.26 bits per heavy atom. The van der Waals surface area contributed by atoms with E-state index in [1.807, 2.05) is 31.2 Å². The summed E-state index contributed by atoms with van der Waals surface area (Å²) in [5.74, 6) is 2.03. The van der Waals surface area contributed by atoms with E-state index >= 15 is 0 Å². The zero-order chi connectivity index (χ0) is 28.4. The molecule has 4 fully saturated rings. The van der Waals surface area contributed by atoms with Crippen molar-refractivity contribution in [1.82, 2.24) is 0 Å². The van der Waals surface area contributed by atoms with Gasteiger partial charge in [0.1, 0.15) is 5.75 Å². The molecule has 220 valence electrons. The zero-order valence-corrected chi connectivity index (χ0v) is 25.6. The normalized spacial score (nSPS) is 44.5. The Hall–Kier alpha value is -1.30. The van der Waals surface area contributed by atoms with Gasteiger partial charge in [0.15, 0.2) is 0 Å². The third kappa shape index (κ3) is 4.45. The van der Waals surface area contributed by atoms with Crippen LogP contribution in [0.4, 0.5) is 5.69 Å². The van der Waals surface area contributed by atoms with Gasteiger partial charge in [-0.2, -0.15) is 0 Å². The van der Waals surface area contributed by atoms with Gasteiger partial charge in [-0.3, -0.25) is 0 Å². The van der Waals surface area contributed by atoms with Gasteiger partial charge in [-0.05, 0) is 134 Å². The van der Waals surface area contributed by atoms with Crippen molar-refractivity contribution in [2.75, 3.05) is 19.0 Å². The van der Waals surface area contributed by atoms with E-state index < -0.39 is 5.60 Å². The smallest absolute Gasteiger partial charge is 0.119 e. The molecule has 0 aliphatic heterocycles. The fourth-order valence-corrected chi connectivity index (χ4v) is 11.0. The van der Waals surface area contributed by atoms with Crippen LogP contribution in [0.25, 0.3) is 0 Å². The largest absolute Gasteiger partial charge is 0.497 e. The van der Waals surface area contributed by atoms with Crippen molar-refractivity contribution >= 4 is 5.69 Å². The molecule has 5 heteroatoms. The summed E-state index contributed by atoms with van der Waals surface area (Å²) >= 11 is 0. The van der Waals surface area contributed by atoms with Gasteiger partial charge in [0.05, 0.1) is 24.9 Å². The van der Waals surface area contributed by atoms with Crippen molar-refractivity contribution in [3.63, 3.8) is 0 Å². The first-order chi connectivity index (χ1) is 18.2. The van der Waals surface area contributed by atoms with Crippen LogP contribution in [-0.4, -0.2) is 46.8 Å². The summed E-state index contributed by atoms with van der Waals surface area (Å²) in [6, 6.07) is 7.97. The maximum atomic E-state index is 11.9. The average molecular weight is 542 g/mol. The fourth-order valence-electron chi connectivity index (χ4n) is 11.0. The number of aliphatic hydroxyl groups is 3. The topological polar surface area (TPSA) is 82.0 Å². The zero-order valence-electron chi connectivity index (χ0n) is 25.6. The van der Waals surface area contributed by atoms with E-state index in [4.69, 9.17) is 4.74 Å². The number of fused-ring (bicyclic) bond motifs is 5. The molecule has 4 saturated carbocycles. The molecule has 0 bridgehead atoms. The lowest BCUT2D eigenvalue weighted by Crippen LogP contribution is -2.66. The Morgan fingerprint density at radius 1 is 0.923 bits per heavy atom. The van der Waals surface area contributed by atoms with Crippen LogP contribution in [-0.2, 0) is 0 Å².